The Morgan fingerprint density at radius 1 is 1.19 bits per heavy atom. The number of hydrogen-bond acceptors (Lipinski definition) is 4. The highest BCUT2D eigenvalue weighted by Gasteiger charge is 2.17. The van der Waals surface area contributed by atoms with Gasteiger partial charge >= 0.3 is 0 Å². The second-order valence-corrected chi connectivity index (χ2v) is 7.81. The molecule has 3 aromatic rings. The maximum atomic E-state index is 13.8. The molecule has 1 heterocycles. The van der Waals surface area contributed by atoms with E-state index in [-0.39, 0.29) is 22.9 Å². The predicted octanol–water partition coefficient (Wildman–Crippen LogP) is 3.96. The number of aromatic nitrogens is 1. The number of aryl methyl sites for hydroxylation is 1. The van der Waals surface area contributed by atoms with Gasteiger partial charge in [-0.1, -0.05) is 29.8 Å². The van der Waals surface area contributed by atoms with Crippen LogP contribution in [-0.4, -0.2) is 19.9 Å². The summed E-state index contributed by atoms with van der Waals surface area (Å²) in [6.07, 6.45) is 0.309. The first kappa shape index (κ1) is 18.6. The highest BCUT2D eigenvalue weighted by atomic mass is 35.5. The summed E-state index contributed by atoms with van der Waals surface area (Å²) in [6, 6.07) is 12.2. The molecule has 2 aromatic carbocycles. The maximum Gasteiger partial charge on any atom is 0.240 e. The Hall–Kier alpha value is -2.22. The monoisotopic (exact) mass is 394 g/mol. The van der Waals surface area contributed by atoms with E-state index < -0.39 is 15.8 Å². The second kappa shape index (κ2) is 7.57. The Bertz CT molecular complexity index is 1030. The Morgan fingerprint density at radius 3 is 2.69 bits per heavy atom. The summed E-state index contributed by atoms with van der Waals surface area (Å²) in [7, 11) is -3.67. The molecule has 0 aliphatic rings. The van der Waals surface area contributed by atoms with E-state index in [1.54, 1.807) is 37.3 Å². The number of nitrogens with one attached hydrogen (secondary N) is 1. The summed E-state index contributed by atoms with van der Waals surface area (Å²) in [5, 5.41) is 0.342. The minimum absolute atomic E-state index is 0.0916. The molecule has 1 aromatic heterocycles. The Labute approximate surface area is 155 Å². The van der Waals surface area contributed by atoms with Gasteiger partial charge in [-0.05, 0) is 37.3 Å². The van der Waals surface area contributed by atoms with Crippen LogP contribution in [-0.2, 0) is 16.4 Å². The first-order valence-corrected chi connectivity index (χ1v) is 9.69. The van der Waals surface area contributed by atoms with Gasteiger partial charge in [0.05, 0.1) is 16.2 Å². The van der Waals surface area contributed by atoms with Gasteiger partial charge in [-0.2, -0.15) is 0 Å². The van der Waals surface area contributed by atoms with Crippen LogP contribution in [0.25, 0.3) is 11.5 Å². The van der Waals surface area contributed by atoms with E-state index in [1.165, 1.54) is 18.2 Å². The highest BCUT2D eigenvalue weighted by molar-refractivity contribution is 7.89. The number of sulfonamides is 1. The molecular formula is C18H16ClFN2O3S. The first-order valence-electron chi connectivity index (χ1n) is 7.83. The molecule has 0 unspecified atom stereocenters. The molecule has 0 bridgehead atoms. The molecule has 0 saturated heterocycles. The molecule has 26 heavy (non-hydrogen) atoms. The topological polar surface area (TPSA) is 72.2 Å². The molecule has 0 atom stereocenters. The van der Waals surface area contributed by atoms with Gasteiger partial charge in [-0.25, -0.2) is 22.5 Å². The third kappa shape index (κ3) is 4.12. The standard InChI is InChI=1S/C18H16ClFN2O3S/c1-12-17(22-18(25-12)15-7-2-3-8-16(15)20)9-10-21-26(23,24)14-6-4-5-13(19)11-14/h2-8,11,21H,9-10H2,1H3. The Balaban J connectivity index is 1.70. The number of nitrogens with zero attached hydrogens (tertiary/aromatic N) is 1. The van der Waals surface area contributed by atoms with E-state index in [0.717, 1.165) is 0 Å². The molecule has 5 nitrogen and oxygen atoms in total. The van der Waals surface area contributed by atoms with Crippen molar-refractivity contribution in [2.75, 3.05) is 6.54 Å². The fourth-order valence-corrected chi connectivity index (χ4v) is 3.76. The average Bonchev–Trinajstić information content (AvgIpc) is 2.96. The first-order chi connectivity index (χ1) is 12.4. The Morgan fingerprint density at radius 2 is 1.96 bits per heavy atom. The molecule has 0 fully saturated rings. The lowest BCUT2D eigenvalue weighted by molar-refractivity contribution is 0.531. The fourth-order valence-electron chi connectivity index (χ4n) is 2.43. The molecule has 8 heteroatoms. The predicted molar refractivity (Wildman–Crippen MR) is 97.0 cm³/mol. The van der Waals surface area contributed by atoms with Crippen LogP contribution in [0.4, 0.5) is 4.39 Å². The molecule has 1 N–H and O–H groups in total. The van der Waals surface area contributed by atoms with Crippen LogP contribution < -0.4 is 4.72 Å². The summed E-state index contributed by atoms with van der Waals surface area (Å²) < 4.78 is 46.4. The number of halogens is 2. The van der Waals surface area contributed by atoms with Crippen molar-refractivity contribution in [3.8, 4) is 11.5 Å². The van der Waals surface area contributed by atoms with Crippen molar-refractivity contribution in [1.29, 1.82) is 0 Å². The van der Waals surface area contributed by atoms with Crippen LogP contribution in [0.3, 0.4) is 0 Å². The van der Waals surface area contributed by atoms with Gasteiger partial charge in [0.2, 0.25) is 15.9 Å². The molecular weight excluding hydrogens is 379 g/mol. The van der Waals surface area contributed by atoms with Crippen molar-refractivity contribution in [3.63, 3.8) is 0 Å². The molecule has 0 aliphatic heterocycles. The normalized spacial score (nSPS) is 11.7. The molecule has 0 aliphatic carbocycles. The molecule has 0 radical (unpaired) electrons. The van der Waals surface area contributed by atoms with E-state index in [9.17, 15) is 12.8 Å². The van der Waals surface area contributed by atoms with Gasteiger partial charge in [0.15, 0.2) is 0 Å². The maximum absolute atomic E-state index is 13.8. The van der Waals surface area contributed by atoms with Gasteiger partial charge in [0.25, 0.3) is 0 Å². The largest absolute Gasteiger partial charge is 0.441 e. The van der Waals surface area contributed by atoms with Crippen LogP contribution in [0.1, 0.15) is 11.5 Å². The van der Waals surface area contributed by atoms with E-state index in [4.69, 9.17) is 16.0 Å². The van der Waals surface area contributed by atoms with Gasteiger partial charge in [0, 0.05) is 18.0 Å². The van der Waals surface area contributed by atoms with Crippen molar-refractivity contribution in [2.24, 2.45) is 0 Å². The van der Waals surface area contributed by atoms with Gasteiger partial charge in [-0.15, -0.1) is 0 Å². The fraction of sp³-hybridized carbons (Fsp3) is 0.167. The summed E-state index contributed by atoms with van der Waals surface area (Å²) in [4.78, 5) is 4.38. The summed E-state index contributed by atoms with van der Waals surface area (Å²) in [5.74, 6) is 0.264. The molecule has 0 amide bonds. The SMILES string of the molecule is Cc1oc(-c2ccccc2F)nc1CCNS(=O)(=O)c1cccc(Cl)c1. The number of benzene rings is 2. The van der Waals surface area contributed by atoms with Crippen LogP contribution in [0.2, 0.25) is 5.02 Å². The van der Waals surface area contributed by atoms with E-state index in [0.29, 0.717) is 22.9 Å². The number of hydrogen-bond donors (Lipinski definition) is 1. The quantitative estimate of drug-likeness (QED) is 0.686. The lowest BCUT2D eigenvalue weighted by Crippen LogP contribution is -2.26. The number of rotatable bonds is 6. The zero-order valence-corrected chi connectivity index (χ0v) is 15.4. The molecule has 3 rings (SSSR count). The Kier molecular flexibility index (Phi) is 5.41. The summed E-state index contributed by atoms with van der Waals surface area (Å²) in [6.45, 7) is 1.83. The van der Waals surface area contributed by atoms with Crippen LogP contribution in [0.5, 0.6) is 0 Å². The number of oxazole rings is 1. The third-order valence-corrected chi connectivity index (χ3v) is 5.45. The second-order valence-electron chi connectivity index (χ2n) is 5.61. The summed E-state index contributed by atoms with van der Waals surface area (Å²) >= 11 is 5.83. The highest BCUT2D eigenvalue weighted by Crippen LogP contribution is 2.24. The molecule has 0 spiro atoms. The van der Waals surface area contributed by atoms with Crippen molar-refractivity contribution < 1.29 is 17.2 Å². The van der Waals surface area contributed by atoms with Crippen LogP contribution >= 0.6 is 11.6 Å². The van der Waals surface area contributed by atoms with Crippen molar-refractivity contribution in [1.82, 2.24) is 9.71 Å². The van der Waals surface area contributed by atoms with Crippen molar-refractivity contribution in [2.45, 2.75) is 18.2 Å². The zero-order valence-electron chi connectivity index (χ0n) is 13.9. The minimum Gasteiger partial charge on any atom is -0.441 e. The van der Waals surface area contributed by atoms with Gasteiger partial charge in [0.1, 0.15) is 11.6 Å². The lowest BCUT2D eigenvalue weighted by atomic mass is 10.2. The third-order valence-electron chi connectivity index (χ3n) is 3.76. The van der Waals surface area contributed by atoms with E-state index in [2.05, 4.69) is 9.71 Å². The lowest BCUT2D eigenvalue weighted by Gasteiger charge is -2.06. The van der Waals surface area contributed by atoms with E-state index in [1.807, 2.05) is 0 Å². The zero-order chi connectivity index (χ0) is 18.7. The van der Waals surface area contributed by atoms with Gasteiger partial charge < -0.3 is 4.42 Å². The minimum atomic E-state index is -3.67. The van der Waals surface area contributed by atoms with E-state index >= 15 is 0 Å². The van der Waals surface area contributed by atoms with Crippen molar-refractivity contribution >= 4 is 21.6 Å². The van der Waals surface area contributed by atoms with Crippen LogP contribution in [0, 0.1) is 12.7 Å². The molecule has 136 valence electrons. The summed E-state index contributed by atoms with van der Waals surface area (Å²) in [5.41, 5.74) is 0.832. The molecule has 0 saturated carbocycles. The van der Waals surface area contributed by atoms with Gasteiger partial charge in [-0.3, -0.25) is 0 Å². The average molecular weight is 395 g/mol. The van der Waals surface area contributed by atoms with Crippen LogP contribution in [0.15, 0.2) is 57.8 Å². The van der Waals surface area contributed by atoms with Crippen molar-refractivity contribution in [3.05, 3.63) is 70.8 Å². The smallest absolute Gasteiger partial charge is 0.240 e.